The van der Waals surface area contributed by atoms with Gasteiger partial charge in [-0.05, 0) is 54.1 Å². The minimum Gasteiger partial charge on any atom is -0.484 e. The van der Waals surface area contributed by atoms with Gasteiger partial charge < -0.3 is 15.0 Å². The summed E-state index contributed by atoms with van der Waals surface area (Å²) >= 11 is 1.34. The van der Waals surface area contributed by atoms with Crippen molar-refractivity contribution in [1.29, 1.82) is 0 Å². The normalized spacial score (nSPS) is 10.4. The lowest BCUT2D eigenvalue weighted by Gasteiger charge is -2.11. The van der Waals surface area contributed by atoms with E-state index in [4.69, 9.17) is 4.74 Å². The van der Waals surface area contributed by atoms with Gasteiger partial charge in [0.2, 0.25) is 0 Å². The van der Waals surface area contributed by atoms with E-state index in [2.05, 4.69) is 5.32 Å². The zero-order valence-corrected chi connectivity index (χ0v) is 16.3. The van der Waals surface area contributed by atoms with Crippen LogP contribution in [-0.2, 0) is 4.79 Å². The molecule has 7 heteroatoms. The summed E-state index contributed by atoms with van der Waals surface area (Å²) in [6, 6.07) is 16.5. The van der Waals surface area contributed by atoms with Crippen LogP contribution in [0.25, 0.3) is 10.4 Å². The lowest BCUT2D eigenvalue weighted by Crippen LogP contribution is -2.27. The van der Waals surface area contributed by atoms with Gasteiger partial charge in [-0.15, -0.1) is 11.3 Å². The van der Waals surface area contributed by atoms with Crippen LogP contribution in [0.1, 0.15) is 9.67 Å². The third kappa shape index (κ3) is 4.95. The number of amides is 2. The average molecular weight is 398 g/mol. The van der Waals surface area contributed by atoms with Crippen molar-refractivity contribution in [2.24, 2.45) is 0 Å². The first-order chi connectivity index (χ1) is 13.4. The van der Waals surface area contributed by atoms with E-state index in [9.17, 15) is 14.0 Å². The number of likely N-dealkylation sites (N-methyl/N-ethyl adjacent to an activating group) is 1. The Morgan fingerprint density at radius 3 is 2.32 bits per heavy atom. The molecular weight excluding hydrogens is 379 g/mol. The number of nitrogens with zero attached hydrogens (tertiary/aromatic N) is 1. The van der Waals surface area contributed by atoms with Gasteiger partial charge >= 0.3 is 0 Å². The number of ether oxygens (including phenoxy) is 1. The van der Waals surface area contributed by atoms with Crippen molar-refractivity contribution < 1.29 is 18.7 Å². The zero-order valence-electron chi connectivity index (χ0n) is 15.4. The minimum absolute atomic E-state index is 0.0416. The third-order valence-corrected chi connectivity index (χ3v) is 5.06. The van der Waals surface area contributed by atoms with Gasteiger partial charge in [0.15, 0.2) is 6.61 Å². The van der Waals surface area contributed by atoms with E-state index in [1.54, 1.807) is 56.6 Å². The lowest BCUT2D eigenvalue weighted by molar-refractivity contribution is -0.130. The Balaban J connectivity index is 1.60. The predicted molar refractivity (Wildman–Crippen MR) is 108 cm³/mol. The highest BCUT2D eigenvalue weighted by Gasteiger charge is 2.11. The van der Waals surface area contributed by atoms with Crippen LogP contribution in [0.15, 0.2) is 60.7 Å². The molecule has 144 valence electrons. The molecule has 0 aliphatic carbocycles. The molecule has 0 unspecified atom stereocenters. The van der Waals surface area contributed by atoms with E-state index < -0.39 is 0 Å². The average Bonchev–Trinajstić information content (AvgIpc) is 3.18. The Kier molecular flexibility index (Phi) is 6.06. The summed E-state index contributed by atoms with van der Waals surface area (Å²) in [5.41, 5.74) is 1.48. The van der Waals surface area contributed by atoms with Gasteiger partial charge in [0, 0.05) is 24.7 Å². The molecule has 0 aliphatic rings. The first-order valence-corrected chi connectivity index (χ1v) is 9.34. The smallest absolute Gasteiger partial charge is 0.265 e. The second-order valence-corrected chi connectivity index (χ2v) is 7.31. The fraction of sp³-hybridized carbons (Fsp3) is 0.143. The van der Waals surface area contributed by atoms with Gasteiger partial charge in [-0.3, -0.25) is 9.59 Å². The number of anilines is 1. The van der Waals surface area contributed by atoms with Crippen molar-refractivity contribution in [1.82, 2.24) is 4.90 Å². The Bertz CT molecular complexity index is 966. The third-order valence-electron chi connectivity index (χ3n) is 3.93. The van der Waals surface area contributed by atoms with E-state index in [1.165, 1.54) is 28.4 Å². The standard InChI is InChI=1S/C21H19FN2O3S/c1-24(2)20(25)13-27-17-9-7-16(8-10-17)23-21(26)19-12-11-18(28-19)14-3-5-15(22)6-4-14/h3-12H,13H2,1-2H3,(H,23,26). The van der Waals surface area contributed by atoms with Crippen LogP contribution >= 0.6 is 11.3 Å². The number of hydrogen-bond acceptors (Lipinski definition) is 4. The number of halogens is 1. The van der Waals surface area contributed by atoms with Gasteiger partial charge in [0.1, 0.15) is 11.6 Å². The molecule has 1 N–H and O–H groups in total. The van der Waals surface area contributed by atoms with Crippen molar-refractivity contribution in [2.45, 2.75) is 0 Å². The number of thiophene rings is 1. The second-order valence-electron chi connectivity index (χ2n) is 6.23. The topological polar surface area (TPSA) is 58.6 Å². The van der Waals surface area contributed by atoms with E-state index in [0.29, 0.717) is 16.3 Å². The Morgan fingerprint density at radius 2 is 1.68 bits per heavy atom. The molecule has 1 heterocycles. The second kappa shape index (κ2) is 8.67. The molecule has 0 aliphatic heterocycles. The quantitative estimate of drug-likeness (QED) is 0.675. The molecule has 0 bridgehead atoms. The molecule has 0 atom stereocenters. The molecule has 5 nitrogen and oxygen atoms in total. The van der Waals surface area contributed by atoms with Crippen molar-refractivity contribution in [3.05, 3.63) is 71.4 Å². The molecule has 3 aromatic rings. The van der Waals surface area contributed by atoms with Crippen LogP contribution in [0, 0.1) is 5.82 Å². The Labute approximate surface area is 166 Å². The number of hydrogen-bond donors (Lipinski definition) is 1. The largest absolute Gasteiger partial charge is 0.484 e. The number of nitrogens with one attached hydrogen (secondary N) is 1. The molecule has 0 radical (unpaired) electrons. The summed E-state index contributed by atoms with van der Waals surface area (Å²) in [5.74, 6) is -0.110. The molecule has 0 saturated heterocycles. The molecule has 1 aromatic heterocycles. The summed E-state index contributed by atoms with van der Waals surface area (Å²) in [7, 11) is 3.33. The highest BCUT2D eigenvalue weighted by Crippen LogP contribution is 2.29. The molecule has 28 heavy (non-hydrogen) atoms. The van der Waals surface area contributed by atoms with Crippen LogP contribution in [-0.4, -0.2) is 37.4 Å². The van der Waals surface area contributed by atoms with Crippen molar-refractivity contribution in [3.63, 3.8) is 0 Å². The van der Waals surface area contributed by atoms with Gasteiger partial charge in [-0.25, -0.2) is 4.39 Å². The predicted octanol–water partition coefficient (Wildman–Crippen LogP) is 4.27. The Hall–Kier alpha value is -3.19. The van der Waals surface area contributed by atoms with Crippen LogP contribution in [0.3, 0.4) is 0 Å². The summed E-state index contributed by atoms with van der Waals surface area (Å²) in [6.45, 7) is -0.0416. The van der Waals surface area contributed by atoms with Crippen LogP contribution in [0.4, 0.5) is 10.1 Å². The van der Waals surface area contributed by atoms with E-state index in [1.807, 2.05) is 6.07 Å². The van der Waals surface area contributed by atoms with E-state index >= 15 is 0 Å². The van der Waals surface area contributed by atoms with E-state index in [-0.39, 0.29) is 24.2 Å². The maximum absolute atomic E-state index is 13.0. The summed E-state index contributed by atoms with van der Waals surface area (Å²) in [4.78, 5) is 26.9. The SMILES string of the molecule is CN(C)C(=O)COc1ccc(NC(=O)c2ccc(-c3ccc(F)cc3)s2)cc1. The van der Waals surface area contributed by atoms with E-state index in [0.717, 1.165) is 10.4 Å². The fourth-order valence-electron chi connectivity index (χ4n) is 2.33. The fourth-order valence-corrected chi connectivity index (χ4v) is 3.24. The summed E-state index contributed by atoms with van der Waals surface area (Å²) in [5, 5.41) is 2.82. The molecule has 2 aromatic carbocycles. The van der Waals surface area contributed by atoms with Crippen molar-refractivity contribution >= 4 is 28.8 Å². The summed E-state index contributed by atoms with van der Waals surface area (Å²) < 4.78 is 18.4. The van der Waals surface area contributed by atoms with Crippen LogP contribution in [0.5, 0.6) is 5.75 Å². The molecule has 3 rings (SSSR count). The number of carbonyl (C=O) groups is 2. The number of rotatable bonds is 6. The number of carbonyl (C=O) groups excluding carboxylic acids is 2. The lowest BCUT2D eigenvalue weighted by atomic mass is 10.2. The van der Waals surface area contributed by atoms with Crippen LogP contribution < -0.4 is 10.1 Å². The first kappa shape index (κ1) is 19.6. The maximum atomic E-state index is 13.0. The monoisotopic (exact) mass is 398 g/mol. The highest BCUT2D eigenvalue weighted by atomic mass is 32.1. The summed E-state index contributed by atoms with van der Waals surface area (Å²) in [6.07, 6.45) is 0. The first-order valence-electron chi connectivity index (χ1n) is 8.52. The van der Waals surface area contributed by atoms with Gasteiger partial charge in [-0.1, -0.05) is 12.1 Å². The molecular formula is C21H19FN2O3S. The van der Waals surface area contributed by atoms with Crippen LogP contribution in [0.2, 0.25) is 0 Å². The highest BCUT2D eigenvalue weighted by molar-refractivity contribution is 7.17. The molecule has 0 saturated carbocycles. The maximum Gasteiger partial charge on any atom is 0.265 e. The molecule has 0 fully saturated rings. The van der Waals surface area contributed by atoms with Gasteiger partial charge in [-0.2, -0.15) is 0 Å². The Morgan fingerprint density at radius 1 is 1.00 bits per heavy atom. The number of benzene rings is 2. The van der Waals surface area contributed by atoms with Gasteiger partial charge in [0.05, 0.1) is 4.88 Å². The zero-order chi connectivity index (χ0) is 20.1. The molecule has 2 amide bonds. The minimum atomic E-state index is -0.295. The van der Waals surface area contributed by atoms with Gasteiger partial charge in [0.25, 0.3) is 11.8 Å². The molecule has 0 spiro atoms. The van der Waals surface area contributed by atoms with Crippen molar-refractivity contribution in [2.75, 3.05) is 26.0 Å². The van der Waals surface area contributed by atoms with Crippen molar-refractivity contribution in [3.8, 4) is 16.2 Å².